The average molecular weight is 250 g/mol. The molecule has 1 aromatic carbocycles. The van der Waals surface area contributed by atoms with E-state index in [2.05, 4.69) is 24.4 Å². The summed E-state index contributed by atoms with van der Waals surface area (Å²) < 4.78 is 10.3. The number of hydrogen-bond acceptors (Lipinski definition) is 3. The molecule has 3 nitrogen and oxygen atoms in total. The molecule has 0 amide bonds. The second kappa shape index (κ2) is 5.68. The minimum atomic E-state index is -1.55. The smallest absolute Gasteiger partial charge is 0.330 e. The minimum Gasteiger partial charge on any atom is -0.544 e. The molecule has 0 radical (unpaired) electrons. The van der Waals surface area contributed by atoms with Crippen molar-refractivity contribution in [1.29, 1.82) is 0 Å². The van der Waals surface area contributed by atoms with Crippen molar-refractivity contribution in [3.63, 3.8) is 0 Å². The fourth-order valence-electron chi connectivity index (χ4n) is 1.23. The van der Waals surface area contributed by atoms with E-state index < -0.39 is 8.32 Å². The first-order valence-corrected chi connectivity index (χ1v) is 8.87. The lowest BCUT2D eigenvalue weighted by atomic mass is 10.2. The van der Waals surface area contributed by atoms with E-state index in [-0.39, 0.29) is 5.97 Å². The van der Waals surface area contributed by atoms with Crippen LogP contribution in [0.4, 0.5) is 0 Å². The third-order valence-corrected chi connectivity index (χ3v) is 2.77. The number of esters is 1. The first kappa shape index (κ1) is 13.5. The Morgan fingerprint density at radius 1 is 1.18 bits per heavy atom. The van der Waals surface area contributed by atoms with Crippen LogP contribution in [0, 0.1) is 0 Å². The van der Waals surface area contributed by atoms with Crippen molar-refractivity contribution in [2.75, 3.05) is 7.11 Å². The van der Waals surface area contributed by atoms with Crippen LogP contribution in [0.1, 0.15) is 5.56 Å². The highest BCUT2D eigenvalue weighted by molar-refractivity contribution is 6.70. The number of rotatable bonds is 4. The summed E-state index contributed by atoms with van der Waals surface area (Å²) in [5, 5.41) is 0. The van der Waals surface area contributed by atoms with Gasteiger partial charge in [0.1, 0.15) is 5.75 Å². The number of benzene rings is 1. The fourth-order valence-corrected chi connectivity index (χ4v) is 2.08. The summed E-state index contributed by atoms with van der Waals surface area (Å²) in [5.41, 5.74) is 0.943. The van der Waals surface area contributed by atoms with Crippen molar-refractivity contribution < 1.29 is 14.0 Å². The Hall–Kier alpha value is -1.55. The Balaban J connectivity index is 2.68. The van der Waals surface area contributed by atoms with Gasteiger partial charge < -0.3 is 9.16 Å². The monoisotopic (exact) mass is 250 g/mol. The van der Waals surface area contributed by atoms with Crippen LogP contribution in [0.25, 0.3) is 6.08 Å². The summed E-state index contributed by atoms with van der Waals surface area (Å²) in [6.07, 6.45) is 3.11. The van der Waals surface area contributed by atoms with Gasteiger partial charge in [0.2, 0.25) is 8.32 Å². The Morgan fingerprint density at radius 3 is 2.24 bits per heavy atom. The van der Waals surface area contributed by atoms with Crippen molar-refractivity contribution in [1.82, 2.24) is 0 Å². The zero-order chi connectivity index (χ0) is 12.9. The Bertz CT molecular complexity index is 402. The van der Waals surface area contributed by atoms with Gasteiger partial charge in [-0.25, -0.2) is 4.79 Å². The van der Waals surface area contributed by atoms with E-state index in [1.165, 1.54) is 13.2 Å². The molecule has 0 saturated carbocycles. The molecular formula is C13H18O3Si. The predicted octanol–water partition coefficient (Wildman–Crippen LogP) is 3.09. The lowest BCUT2D eigenvalue weighted by Crippen LogP contribution is -2.29. The molecule has 0 atom stereocenters. The van der Waals surface area contributed by atoms with E-state index in [9.17, 15) is 4.79 Å². The van der Waals surface area contributed by atoms with Gasteiger partial charge in [-0.15, -0.1) is 0 Å². The third-order valence-electron chi connectivity index (χ3n) is 1.92. The molecule has 0 unspecified atom stereocenters. The first-order valence-electron chi connectivity index (χ1n) is 5.46. The van der Waals surface area contributed by atoms with Crippen LogP contribution in [0.2, 0.25) is 19.6 Å². The second-order valence-electron chi connectivity index (χ2n) is 4.64. The molecule has 0 N–H and O–H groups in total. The highest BCUT2D eigenvalue weighted by Crippen LogP contribution is 2.17. The van der Waals surface area contributed by atoms with E-state index in [0.717, 1.165) is 11.3 Å². The van der Waals surface area contributed by atoms with Crippen molar-refractivity contribution in [2.24, 2.45) is 0 Å². The molecule has 0 heterocycles. The SMILES string of the molecule is COC(=O)/C=C/c1ccc(O[Si](C)(C)C)cc1. The molecule has 4 heteroatoms. The summed E-state index contributed by atoms with van der Waals surface area (Å²) in [6, 6.07) is 7.65. The van der Waals surface area contributed by atoms with Gasteiger partial charge in [-0.2, -0.15) is 0 Å². The zero-order valence-corrected chi connectivity index (χ0v) is 11.7. The number of hydrogen-bond donors (Lipinski definition) is 0. The Kier molecular flexibility index (Phi) is 4.51. The Morgan fingerprint density at radius 2 is 1.76 bits per heavy atom. The van der Waals surface area contributed by atoms with Gasteiger partial charge >= 0.3 is 5.97 Å². The molecule has 0 aliphatic heterocycles. The van der Waals surface area contributed by atoms with Crippen molar-refractivity contribution >= 4 is 20.4 Å². The Labute approximate surface area is 103 Å². The molecule has 1 rings (SSSR count). The summed E-state index contributed by atoms with van der Waals surface area (Å²) in [4.78, 5) is 10.9. The van der Waals surface area contributed by atoms with Gasteiger partial charge in [0.15, 0.2) is 0 Å². The highest BCUT2D eigenvalue weighted by Gasteiger charge is 2.15. The summed E-state index contributed by atoms with van der Waals surface area (Å²) in [5.74, 6) is 0.520. The molecule has 0 spiro atoms. The van der Waals surface area contributed by atoms with Crippen LogP contribution < -0.4 is 4.43 Å². The maximum Gasteiger partial charge on any atom is 0.330 e. The van der Waals surface area contributed by atoms with Gasteiger partial charge in [0.05, 0.1) is 7.11 Å². The molecular weight excluding hydrogens is 232 g/mol. The maximum absolute atomic E-state index is 10.9. The molecule has 0 fully saturated rings. The van der Waals surface area contributed by atoms with Crippen LogP contribution in [0.15, 0.2) is 30.3 Å². The molecule has 17 heavy (non-hydrogen) atoms. The summed E-state index contributed by atoms with van der Waals surface area (Å²) in [6.45, 7) is 6.41. The average Bonchev–Trinajstić information content (AvgIpc) is 2.25. The van der Waals surface area contributed by atoms with Gasteiger partial charge in [-0.3, -0.25) is 0 Å². The van der Waals surface area contributed by atoms with Crippen LogP contribution in [0.5, 0.6) is 5.75 Å². The maximum atomic E-state index is 10.9. The summed E-state index contributed by atoms with van der Waals surface area (Å²) in [7, 11) is -0.191. The topological polar surface area (TPSA) is 35.5 Å². The molecule has 0 bridgehead atoms. The number of methoxy groups -OCH3 is 1. The second-order valence-corrected chi connectivity index (χ2v) is 9.07. The number of carbonyl (C=O) groups is 1. The molecule has 92 valence electrons. The van der Waals surface area contributed by atoms with Gasteiger partial charge in [-0.1, -0.05) is 12.1 Å². The summed E-state index contributed by atoms with van der Waals surface area (Å²) >= 11 is 0. The molecule has 0 aromatic heterocycles. The van der Waals surface area contributed by atoms with Crippen LogP contribution in [-0.2, 0) is 9.53 Å². The first-order chi connectivity index (χ1) is 7.90. The van der Waals surface area contributed by atoms with E-state index in [1.54, 1.807) is 6.08 Å². The van der Waals surface area contributed by atoms with E-state index in [0.29, 0.717) is 0 Å². The van der Waals surface area contributed by atoms with Crippen LogP contribution >= 0.6 is 0 Å². The lowest BCUT2D eigenvalue weighted by molar-refractivity contribution is -0.134. The van der Waals surface area contributed by atoms with E-state index >= 15 is 0 Å². The van der Waals surface area contributed by atoms with Crippen molar-refractivity contribution in [2.45, 2.75) is 19.6 Å². The molecule has 1 aromatic rings. The predicted molar refractivity (Wildman–Crippen MR) is 71.5 cm³/mol. The standard InChI is InChI=1S/C13H18O3Si/c1-15-13(14)10-7-11-5-8-12(9-6-11)16-17(2,3)4/h5-10H,1-4H3/b10-7+. The third kappa shape index (κ3) is 5.35. The van der Waals surface area contributed by atoms with Gasteiger partial charge in [-0.05, 0) is 43.4 Å². The fraction of sp³-hybridized carbons (Fsp3) is 0.308. The van der Waals surface area contributed by atoms with E-state index in [4.69, 9.17) is 4.43 Å². The van der Waals surface area contributed by atoms with Gasteiger partial charge in [0.25, 0.3) is 0 Å². The lowest BCUT2D eigenvalue weighted by Gasteiger charge is -2.18. The van der Waals surface area contributed by atoms with Gasteiger partial charge in [0, 0.05) is 6.08 Å². The normalized spacial score (nSPS) is 11.5. The van der Waals surface area contributed by atoms with Crippen molar-refractivity contribution in [3.05, 3.63) is 35.9 Å². The zero-order valence-electron chi connectivity index (χ0n) is 10.7. The molecule has 0 saturated heterocycles. The highest BCUT2D eigenvalue weighted by atomic mass is 28.4. The largest absolute Gasteiger partial charge is 0.544 e. The molecule has 0 aliphatic carbocycles. The molecule has 0 aliphatic rings. The van der Waals surface area contributed by atoms with Crippen molar-refractivity contribution in [3.8, 4) is 5.75 Å². The van der Waals surface area contributed by atoms with E-state index in [1.807, 2.05) is 24.3 Å². The number of carbonyl (C=O) groups excluding carboxylic acids is 1. The number of ether oxygens (including phenoxy) is 1. The van der Waals surface area contributed by atoms with Crippen LogP contribution in [-0.4, -0.2) is 21.4 Å². The quantitative estimate of drug-likeness (QED) is 0.468. The van der Waals surface area contributed by atoms with Crippen LogP contribution in [0.3, 0.4) is 0 Å². The minimum absolute atomic E-state index is 0.354.